The number of rotatable bonds is 7. The molecule has 2 heterocycles. The monoisotopic (exact) mass is 482 g/mol. The number of halogens is 2. The molecule has 0 unspecified atom stereocenters. The number of nitrogens with zero attached hydrogens (tertiary/aromatic N) is 5. The van der Waals surface area contributed by atoms with E-state index >= 15 is 0 Å². The van der Waals surface area contributed by atoms with Crippen molar-refractivity contribution in [3.8, 4) is 11.3 Å². The number of esters is 1. The molecule has 0 aliphatic carbocycles. The number of aromatic nitrogens is 5. The Morgan fingerprint density at radius 2 is 1.94 bits per heavy atom. The van der Waals surface area contributed by atoms with Crippen molar-refractivity contribution in [2.75, 3.05) is 11.9 Å². The van der Waals surface area contributed by atoms with Crippen LogP contribution < -0.4 is 5.32 Å². The zero-order chi connectivity index (χ0) is 24.1. The molecular formula is C22H16F2N6O3S. The van der Waals surface area contributed by atoms with Crippen molar-refractivity contribution >= 4 is 40.1 Å². The van der Waals surface area contributed by atoms with E-state index < -0.39 is 30.1 Å². The summed E-state index contributed by atoms with van der Waals surface area (Å²) in [5.41, 5.74) is 1.45. The first-order valence-corrected chi connectivity index (χ1v) is 10.7. The van der Waals surface area contributed by atoms with Crippen molar-refractivity contribution in [1.82, 2.24) is 25.2 Å². The number of hydrogen-bond acceptors (Lipinski definition) is 8. The van der Waals surface area contributed by atoms with Crippen LogP contribution in [0.4, 0.5) is 13.9 Å². The van der Waals surface area contributed by atoms with Gasteiger partial charge in [0.15, 0.2) is 34.9 Å². The molecule has 1 N–H and O–H groups in total. The lowest BCUT2D eigenvalue weighted by Gasteiger charge is -2.09. The maximum absolute atomic E-state index is 13.5. The van der Waals surface area contributed by atoms with Gasteiger partial charge in [-0.1, -0.05) is 30.3 Å². The highest BCUT2D eigenvalue weighted by molar-refractivity contribution is 7.14. The lowest BCUT2D eigenvalue weighted by Crippen LogP contribution is -2.23. The van der Waals surface area contributed by atoms with Gasteiger partial charge in [-0.05, 0) is 47.2 Å². The van der Waals surface area contributed by atoms with E-state index in [1.165, 1.54) is 10.7 Å². The highest BCUT2D eigenvalue weighted by atomic mass is 32.1. The second kappa shape index (κ2) is 10.1. The Hall–Kier alpha value is -4.32. The molecule has 4 rings (SSSR count). The molecule has 0 aliphatic heterocycles. The molecule has 0 fully saturated rings. The first-order chi connectivity index (χ1) is 16.4. The summed E-state index contributed by atoms with van der Waals surface area (Å²) in [5, 5.41) is 15.4. The average Bonchev–Trinajstić information content (AvgIpc) is 3.47. The van der Waals surface area contributed by atoms with Gasteiger partial charge in [0.2, 0.25) is 0 Å². The number of tetrazole rings is 1. The fourth-order valence-electron chi connectivity index (χ4n) is 2.85. The zero-order valence-electron chi connectivity index (χ0n) is 17.6. The minimum Gasteiger partial charge on any atom is -0.451 e. The predicted octanol–water partition coefficient (Wildman–Crippen LogP) is 3.56. The Morgan fingerprint density at radius 3 is 2.65 bits per heavy atom. The van der Waals surface area contributed by atoms with Gasteiger partial charge in [0, 0.05) is 10.9 Å². The van der Waals surface area contributed by atoms with Crippen molar-refractivity contribution < 1.29 is 23.1 Å². The molecule has 4 aromatic rings. The van der Waals surface area contributed by atoms with Crippen molar-refractivity contribution in [1.29, 1.82) is 0 Å². The van der Waals surface area contributed by atoms with Crippen molar-refractivity contribution in [2.45, 2.75) is 6.92 Å². The van der Waals surface area contributed by atoms with Gasteiger partial charge in [-0.3, -0.25) is 10.1 Å². The van der Waals surface area contributed by atoms with Gasteiger partial charge in [-0.25, -0.2) is 18.6 Å². The number of thiazole rings is 1. The van der Waals surface area contributed by atoms with Crippen LogP contribution in [-0.4, -0.2) is 43.7 Å². The third kappa shape index (κ3) is 5.35. The zero-order valence-corrected chi connectivity index (χ0v) is 18.4. The van der Waals surface area contributed by atoms with Crippen LogP contribution in [0.5, 0.6) is 0 Å². The van der Waals surface area contributed by atoms with Crippen molar-refractivity contribution in [2.24, 2.45) is 0 Å². The maximum atomic E-state index is 13.5. The van der Waals surface area contributed by atoms with E-state index in [4.69, 9.17) is 4.74 Å². The fourth-order valence-corrected chi connectivity index (χ4v) is 3.58. The van der Waals surface area contributed by atoms with Gasteiger partial charge in [-0.2, -0.15) is 4.68 Å². The van der Waals surface area contributed by atoms with E-state index in [-0.39, 0.29) is 10.8 Å². The van der Waals surface area contributed by atoms with E-state index in [0.29, 0.717) is 22.6 Å². The maximum Gasteiger partial charge on any atom is 0.357 e. The molecule has 0 spiro atoms. The van der Waals surface area contributed by atoms with Crippen LogP contribution >= 0.6 is 11.3 Å². The second-order valence-corrected chi connectivity index (χ2v) is 7.73. The molecule has 0 radical (unpaired) electrons. The number of hydrogen-bond donors (Lipinski definition) is 1. The number of carbonyl (C=O) groups excluding carboxylic acids is 2. The molecule has 9 nitrogen and oxygen atoms in total. The first kappa shape index (κ1) is 22.9. The molecule has 34 heavy (non-hydrogen) atoms. The fraction of sp³-hybridized carbons (Fsp3) is 0.0909. The van der Waals surface area contributed by atoms with Gasteiger partial charge in [0.05, 0.1) is 5.69 Å². The van der Waals surface area contributed by atoms with Crippen LogP contribution in [0.3, 0.4) is 0 Å². The summed E-state index contributed by atoms with van der Waals surface area (Å²) < 4.78 is 32.9. The normalized spacial score (nSPS) is 11.3. The Balaban J connectivity index is 1.42. The van der Waals surface area contributed by atoms with E-state index in [0.717, 1.165) is 23.5 Å². The molecule has 0 aliphatic rings. The summed E-state index contributed by atoms with van der Waals surface area (Å²) in [6.07, 6.45) is 1.54. The summed E-state index contributed by atoms with van der Waals surface area (Å²) in [6, 6.07) is 12.4. The third-order valence-electron chi connectivity index (χ3n) is 4.47. The van der Waals surface area contributed by atoms with Gasteiger partial charge < -0.3 is 4.74 Å². The molecule has 0 saturated carbocycles. The van der Waals surface area contributed by atoms with Crippen LogP contribution in [-0.2, 0) is 14.3 Å². The molecule has 2 aromatic heterocycles. The van der Waals surface area contributed by atoms with E-state index in [9.17, 15) is 18.4 Å². The van der Waals surface area contributed by atoms with Gasteiger partial charge >= 0.3 is 5.97 Å². The Labute approximate surface area is 195 Å². The molecule has 1 amide bonds. The van der Waals surface area contributed by atoms with Crippen LogP contribution in [0, 0.1) is 18.6 Å². The Kier molecular flexibility index (Phi) is 6.78. The Morgan fingerprint density at radius 1 is 1.15 bits per heavy atom. The summed E-state index contributed by atoms with van der Waals surface area (Å²) in [4.78, 5) is 29.2. The average molecular weight is 482 g/mol. The molecular weight excluding hydrogens is 466 g/mol. The predicted molar refractivity (Wildman–Crippen MR) is 120 cm³/mol. The number of nitrogens with one attached hydrogen (secondary N) is 1. The van der Waals surface area contributed by atoms with Crippen LogP contribution in [0.1, 0.15) is 11.4 Å². The van der Waals surface area contributed by atoms with Gasteiger partial charge in [-0.15, -0.1) is 16.4 Å². The highest BCUT2D eigenvalue weighted by Gasteiger charge is 2.19. The standard InChI is InChI=1S/C22H16F2N6O3S/c1-13-27-28-29-30(13)19(9-14-5-3-2-4-6-14)21(32)33-11-20(31)26-22-25-18(12-34-22)15-7-8-16(23)17(24)10-15/h2-10,12H,11H2,1H3,(H,25,26,31). The smallest absolute Gasteiger partial charge is 0.357 e. The summed E-state index contributed by atoms with van der Waals surface area (Å²) >= 11 is 1.08. The van der Waals surface area contributed by atoms with Crippen molar-refractivity contribution in [3.63, 3.8) is 0 Å². The third-order valence-corrected chi connectivity index (χ3v) is 5.22. The number of anilines is 1. The van der Waals surface area contributed by atoms with Crippen LogP contribution in [0.15, 0.2) is 53.9 Å². The summed E-state index contributed by atoms with van der Waals surface area (Å²) in [7, 11) is 0. The second-order valence-electron chi connectivity index (χ2n) is 6.87. The quantitative estimate of drug-likeness (QED) is 0.317. The SMILES string of the molecule is Cc1nnnn1C(=Cc1ccccc1)C(=O)OCC(=O)Nc1nc(-c2ccc(F)c(F)c2)cs1. The van der Waals surface area contributed by atoms with E-state index in [1.807, 2.05) is 6.07 Å². The minimum absolute atomic E-state index is 0.0244. The molecule has 2 aromatic carbocycles. The molecule has 12 heteroatoms. The summed E-state index contributed by atoms with van der Waals surface area (Å²) in [5.74, 6) is -3.05. The van der Waals surface area contributed by atoms with E-state index in [1.54, 1.807) is 42.6 Å². The number of benzene rings is 2. The molecule has 172 valence electrons. The molecule has 0 bridgehead atoms. The van der Waals surface area contributed by atoms with Gasteiger partial charge in [0.25, 0.3) is 5.91 Å². The molecule has 0 saturated heterocycles. The van der Waals surface area contributed by atoms with Crippen LogP contribution in [0.25, 0.3) is 23.0 Å². The summed E-state index contributed by atoms with van der Waals surface area (Å²) in [6.45, 7) is 1.03. The Bertz CT molecular complexity index is 1370. The number of amides is 1. The van der Waals surface area contributed by atoms with Gasteiger partial charge in [0.1, 0.15) is 0 Å². The van der Waals surface area contributed by atoms with E-state index in [2.05, 4.69) is 25.8 Å². The molecule has 0 atom stereocenters. The van der Waals surface area contributed by atoms with Crippen molar-refractivity contribution in [3.05, 3.63) is 76.9 Å². The lowest BCUT2D eigenvalue weighted by atomic mass is 10.2. The first-order valence-electron chi connectivity index (χ1n) is 9.81. The number of aryl methyl sites for hydroxylation is 1. The number of carbonyl (C=O) groups is 2. The lowest BCUT2D eigenvalue weighted by molar-refractivity contribution is -0.141. The topological polar surface area (TPSA) is 112 Å². The van der Waals surface area contributed by atoms with Crippen LogP contribution in [0.2, 0.25) is 0 Å². The highest BCUT2D eigenvalue weighted by Crippen LogP contribution is 2.26. The minimum atomic E-state index is -1.000. The largest absolute Gasteiger partial charge is 0.451 e. The number of ether oxygens (including phenoxy) is 1.